The Labute approximate surface area is 204 Å². The zero-order chi connectivity index (χ0) is 23.1. The van der Waals surface area contributed by atoms with Crippen molar-refractivity contribution in [2.75, 3.05) is 38.2 Å². The van der Waals surface area contributed by atoms with E-state index in [1.165, 1.54) is 22.5 Å². The van der Waals surface area contributed by atoms with E-state index in [0.717, 1.165) is 84.9 Å². The lowest BCUT2D eigenvalue weighted by atomic mass is 9.95. The Morgan fingerprint density at radius 1 is 1.12 bits per heavy atom. The van der Waals surface area contributed by atoms with Gasteiger partial charge in [-0.15, -0.1) is 11.3 Å². The number of hydrogen-bond acceptors (Lipinski definition) is 7. The van der Waals surface area contributed by atoms with Gasteiger partial charge in [-0.25, -0.2) is 9.97 Å². The van der Waals surface area contributed by atoms with E-state index in [1.807, 2.05) is 11.8 Å². The second-order valence-corrected chi connectivity index (χ2v) is 10.7. The largest absolute Gasteiger partial charge is 0.379 e. The van der Waals surface area contributed by atoms with Crippen molar-refractivity contribution in [2.45, 2.75) is 51.2 Å². The van der Waals surface area contributed by atoms with Crippen molar-refractivity contribution in [1.29, 1.82) is 0 Å². The maximum atomic E-state index is 13.5. The van der Waals surface area contributed by atoms with Crippen molar-refractivity contribution in [3.8, 4) is 0 Å². The van der Waals surface area contributed by atoms with Crippen molar-refractivity contribution >= 4 is 33.3 Å². The van der Waals surface area contributed by atoms with E-state index in [1.54, 1.807) is 6.33 Å². The monoisotopic (exact) mass is 477 g/mol. The van der Waals surface area contributed by atoms with Crippen LogP contribution in [-0.4, -0.2) is 70.6 Å². The van der Waals surface area contributed by atoms with Gasteiger partial charge in [-0.05, 0) is 49.3 Å². The molecule has 0 bridgehead atoms. The maximum Gasteiger partial charge on any atom is 0.264 e. The molecule has 5 heterocycles. The Balaban J connectivity index is 1.14. The molecule has 6 rings (SSSR count). The molecule has 1 aromatic carbocycles. The van der Waals surface area contributed by atoms with Crippen LogP contribution in [0.4, 0.5) is 5.82 Å². The molecular weight excluding hydrogens is 446 g/mol. The number of ether oxygens (including phenoxy) is 1. The Morgan fingerprint density at radius 2 is 1.94 bits per heavy atom. The smallest absolute Gasteiger partial charge is 0.264 e. The van der Waals surface area contributed by atoms with Crippen molar-refractivity contribution in [2.24, 2.45) is 0 Å². The van der Waals surface area contributed by atoms with Gasteiger partial charge in [0.15, 0.2) is 0 Å². The van der Waals surface area contributed by atoms with E-state index in [-0.39, 0.29) is 11.9 Å². The van der Waals surface area contributed by atoms with Crippen LogP contribution in [0.2, 0.25) is 0 Å². The number of hydrogen-bond donors (Lipinski definition) is 1. The van der Waals surface area contributed by atoms with Gasteiger partial charge in [-0.3, -0.25) is 9.69 Å². The predicted molar refractivity (Wildman–Crippen MR) is 134 cm³/mol. The summed E-state index contributed by atoms with van der Waals surface area (Å²) >= 11 is 1.49. The van der Waals surface area contributed by atoms with E-state index < -0.39 is 0 Å². The molecule has 7 nitrogen and oxygen atoms in total. The van der Waals surface area contributed by atoms with E-state index in [9.17, 15) is 4.79 Å². The highest BCUT2D eigenvalue weighted by Gasteiger charge is 2.31. The van der Waals surface area contributed by atoms with Crippen molar-refractivity contribution < 1.29 is 9.53 Å². The summed E-state index contributed by atoms with van der Waals surface area (Å²) in [5, 5.41) is 4.48. The number of likely N-dealkylation sites (tertiary alicyclic amines) is 1. The summed E-state index contributed by atoms with van der Waals surface area (Å²) in [4.78, 5) is 28.8. The minimum absolute atomic E-state index is 0.137. The number of fused-ring (bicyclic) bond motifs is 2. The van der Waals surface area contributed by atoms with Crippen molar-refractivity contribution in [3.63, 3.8) is 0 Å². The zero-order valence-corrected chi connectivity index (χ0v) is 20.4. The lowest BCUT2D eigenvalue weighted by Crippen LogP contribution is -2.48. The fourth-order valence-corrected chi connectivity index (χ4v) is 6.75. The number of aryl methyl sites for hydroxylation is 1. The average molecular weight is 478 g/mol. The second kappa shape index (κ2) is 9.24. The summed E-state index contributed by atoms with van der Waals surface area (Å²) in [7, 11) is 0. The van der Waals surface area contributed by atoms with E-state index in [4.69, 9.17) is 4.74 Å². The molecule has 1 amide bonds. The minimum atomic E-state index is 0.137. The molecule has 178 valence electrons. The topological polar surface area (TPSA) is 70.6 Å². The molecule has 0 aliphatic carbocycles. The number of anilines is 1. The highest BCUT2D eigenvalue weighted by molar-refractivity contribution is 7.20. The molecule has 2 saturated heterocycles. The van der Waals surface area contributed by atoms with Crippen LogP contribution in [0.15, 0.2) is 30.6 Å². The van der Waals surface area contributed by atoms with Gasteiger partial charge >= 0.3 is 0 Å². The molecule has 0 radical (unpaired) electrons. The summed E-state index contributed by atoms with van der Waals surface area (Å²) in [6, 6.07) is 9.62. The van der Waals surface area contributed by atoms with Gasteiger partial charge in [0.1, 0.15) is 17.0 Å². The third-order valence-electron chi connectivity index (χ3n) is 7.62. The van der Waals surface area contributed by atoms with E-state index in [0.29, 0.717) is 12.6 Å². The number of carbonyl (C=O) groups excluding carboxylic acids is 1. The van der Waals surface area contributed by atoms with Gasteiger partial charge in [0.25, 0.3) is 5.91 Å². The van der Waals surface area contributed by atoms with Crippen molar-refractivity contribution in [3.05, 3.63) is 52.2 Å². The first-order chi connectivity index (χ1) is 16.7. The van der Waals surface area contributed by atoms with Crippen LogP contribution in [-0.2, 0) is 17.7 Å². The van der Waals surface area contributed by atoms with E-state index in [2.05, 4.69) is 44.5 Å². The molecule has 34 heavy (non-hydrogen) atoms. The summed E-state index contributed by atoms with van der Waals surface area (Å²) in [6.07, 6.45) is 5.75. The first-order valence-corrected chi connectivity index (χ1v) is 13.2. The van der Waals surface area contributed by atoms with Gasteiger partial charge in [0.2, 0.25) is 0 Å². The maximum absolute atomic E-state index is 13.5. The lowest BCUT2D eigenvalue weighted by Gasteiger charge is -2.40. The average Bonchev–Trinajstić information content (AvgIpc) is 3.51. The van der Waals surface area contributed by atoms with Crippen LogP contribution in [0.3, 0.4) is 0 Å². The normalized spacial score (nSPS) is 21.7. The zero-order valence-electron chi connectivity index (χ0n) is 19.6. The van der Waals surface area contributed by atoms with Gasteiger partial charge in [0.05, 0.1) is 22.9 Å². The van der Waals surface area contributed by atoms with Gasteiger partial charge in [0, 0.05) is 38.8 Å². The van der Waals surface area contributed by atoms with Crippen LogP contribution in [0, 0.1) is 6.92 Å². The summed E-state index contributed by atoms with van der Waals surface area (Å²) in [6.45, 7) is 7.27. The molecule has 1 unspecified atom stereocenters. The third-order valence-corrected chi connectivity index (χ3v) is 8.81. The van der Waals surface area contributed by atoms with Crippen LogP contribution in [0.5, 0.6) is 0 Å². The molecule has 3 aromatic rings. The summed E-state index contributed by atoms with van der Waals surface area (Å²) in [5.74, 6) is 0.954. The number of rotatable bonds is 4. The van der Waals surface area contributed by atoms with E-state index >= 15 is 0 Å². The number of nitrogens with one attached hydrogen (secondary N) is 1. The number of amides is 1. The molecule has 8 heteroatoms. The Kier molecular flexibility index (Phi) is 5.97. The van der Waals surface area contributed by atoms with Gasteiger partial charge in [-0.2, -0.15) is 0 Å². The summed E-state index contributed by atoms with van der Waals surface area (Å²) in [5.41, 5.74) is 3.94. The number of benzene rings is 1. The van der Waals surface area contributed by atoms with Gasteiger partial charge in [-0.1, -0.05) is 24.3 Å². The second-order valence-electron chi connectivity index (χ2n) is 9.68. The first-order valence-electron chi connectivity index (χ1n) is 12.4. The summed E-state index contributed by atoms with van der Waals surface area (Å²) < 4.78 is 5.50. The van der Waals surface area contributed by atoms with Crippen LogP contribution >= 0.6 is 11.3 Å². The fraction of sp³-hybridized carbons (Fsp3) is 0.500. The standard InChI is InChI=1S/C26H31N5O2S/c1-17-22-24(29-20-9-13-33-15-20)27-16-28-25(22)34-23(17)26(32)30-11-7-21(8-12-30)31-10-6-18-4-2-3-5-19(18)14-31/h2-5,16,20-21H,6-15H2,1H3,(H,27,28,29). The number of carbonyl (C=O) groups is 1. The number of aromatic nitrogens is 2. The fourth-order valence-electron chi connectivity index (χ4n) is 5.63. The molecule has 2 fully saturated rings. The molecule has 0 spiro atoms. The highest BCUT2D eigenvalue weighted by atomic mass is 32.1. The van der Waals surface area contributed by atoms with Crippen LogP contribution < -0.4 is 5.32 Å². The SMILES string of the molecule is Cc1c(C(=O)N2CCC(N3CCc4ccccc4C3)CC2)sc2ncnc(NC3CCOC3)c12. The Bertz CT molecular complexity index is 1200. The predicted octanol–water partition coefficient (Wildman–Crippen LogP) is 3.86. The quantitative estimate of drug-likeness (QED) is 0.615. The Hall–Kier alpha value is -2.55. The molecule has 1 atom stereocenters. The number of nitrogens with zero attached hydrogens (tertiary/aromatic N) is 4. The molecule has 2 aromatic heterocycles. The molecule has 3 aliphatic rings. The van der Waals surface area contributed by atoms with Crippen LogP contribution in [0.1, 0.15) is 45.6 Å². The highest BCUT2D eigenvalue weighted by Crippen LogP contribution is 2.35. The minimum Gasteiger partial charge on any atom is -0.379 e. The molecule has 0 saturated carbocycles. The van der Waals surface area contributed by atoms with Crippen molar-refractivity contribution in [1.82, 2.24) is 19.8 Å². The van der Waals surface area contributed by atoms with Crippen LogP contribution in [0.25, 0.3) is 10.2 Å². The van der Waals surface area contributed by atoms with Gasteiger partial charge < -0.3 is 15.0 Å². The third kappa shape index (κ3) is 4.08. The number of piperidine rings is 1. The lowest BCUT2D eigenvalue weighted by molar-refractivity contribution is 0.0603. The Morgan fingerprint density at radius 3 is 2.74 bits per heavy atom. The molecule has 3 aliphatic heterocycles. The first kappa shape index (κ1) is 21.9. The molecular formula is C26H31N5O2S. The molecule has 1 N–H and O–H groups in total. The number of thiophene rings is 1.